The Morgan fingerprint density at radius 3 is 2.23 bits per heavy atom. The number of carbonyl (C=O) groups is 4. The summed E-state index contributed by atoms with van der Waals surface area (Å²) in [4.78, 5) is 57.4. The van der Waals surface area contributed by atoms with Crippen molar-refractivity contribution < 1.29 is 41.9 Å². The van der Waals surface area contributed by atoms with Gasteiger partial charge in [-0.3, -0.25) is 19.2 Å². The van der Waals surface area contributed by atoms with E-state index in [0.29, 0.717) is 10.6 Å². The SMILES string of the molecule is CC(C)(C)OC(=O)NCC(=O)N1CCC(CON(C=O)c2ccc(C(F)(F)F)cc2)(C(=O)NCc2cccc(Cl)c2Cl)CC1. The largest absolute Gasteiger partial charge is 0.444 e. The molecule has 0 aromatic heterocycles. The molecule has 0 bridgehead atoms. The highest BCUT2D eigenvalue weighted by atomic mass is 35.5. The molecular weight excluding hydrogens is 628 g/mol. The van der Waals surface area contributed by atoms with Gasteiger partial charge in [-0.1, -0.05) is 35.3 Å². The number of alkyl carbamates (subject to hydrolysis) is 1. The molecule has 10 nitrogen and oxygen atoms in total. The van der Waals surface area contributed by atoms with Gasteiger partial charge in [0.15, 0.2) is 0 Å². The molecule has 1 aliphatic heterocycles. The lowest BCUT2D eigenvalue weighted by molar-refractivity contribution is -0.145. The molecule has 3 rings (SSSR count). The van der Waals surface area contributed by atoms with Gasteiger partial charge in [-0.2, -0.15) is 18.2 Å². The molecule has 2 N–H and O–H groups in total. The molecule has 0 radical (unpaired) electrons. The summed E-state index contributed by atoms with van der Waals surface area (Å²) in [6.45, 7) is 4.68. The zero-order valence-corrected chi connectivity index (χ0v) is 25.8. The van der Waals surface area contributed by atoms with E-state index in [1.807, 2.05) is 0 Å². The van der Waals surface area contributed by atoms with E-state index in [4.69, 9.17) is 32.8 Å². The second-order valence-electron chi connectivity index (χ2n) is 11.2. The maximum absolute atomic E-state index is 13.6. The maximum Gasteiger partial charge on any atom is 0.416 e. The van der Waals surface area contributed by atoms with Crippen molar-refractivity contribution in [3.8, 4) is 0 Å². The summed E-state index contributed by atoms with van der Waals surface area (Å²) in [5.74, 6) is -0.846. The number of carbonyl (C=O) groups excluding carboxylic acids is 4. The average Bonchev–Trinajstić information content (AvgIpc) is 2.96. The molecule has 0 unspecified atom stereocenters. The zero-order valence-electron chi connectivity index (χ0n) is 24.3. The lowest BCUT2D eigenvalue weighted by Gasteiger charge is -2.40. The van der Waals surface area contributed by atoms with E-state index in [-0.39, 0.29) is 62.7 Å². The summed E-state index contributed by atoms with van der Waals surface area (Å²) < 4.78 is 44.1. The Labute approximate surface area is 262 Å². The van der Waals surface area contributed by atoms with Crippen LogP contribution in [0.1, 0.15) is 44.7 Å². The summed E-state index contributed by atoms with van der Waals surface area (Å²) in [5.41, 5.74) is -2.30. The molecule has 1 fully saturated rings. The van der Waals surface area contributed by atoms with Crippen molar-refractivity contribution in [3.63, 3.8) is 0 Å². The first-order valence-electron chi connectivity index (χ1n) is 13.6. The number of halogens is 5. The van der Waals surface area contributed by atoms with Gasteiger partial charge in [0.2, 0.25) is 18.2 Å². The number of hydroxylamine groups is 1. The quantitative estimate of drug-likeness (QED) is 0.262. The monoisotopic (exact) mass is 660 g/mol. The van der Waals surface area contributed by atoms with Crippen molar-refractivity contribution in [1.29, 1.82) is 0 Å². The number of amides is 4. The van der Waals surface area contributed by atoms with Crippen molar-refractivity contribution in [2.75, 3.05) is 31.3 Å². The predicted molar refractivity (Wildman–Crippen MR) is 157 cm³/mol. The van der Waals surface area contributed by atoms with E-state index in [1.54, 1.807) is 39.0 Å². The Morgan fingerprint density at radius 1 is 1.02 bits per heavy atom. The minimum atomic E-state index is -4.56. The van der Waals surface area contributed by atoms with Gasteiger partial charge in [0.25, 0.3) is 0 Å². The summed E-state index contributed by atoms with van der Waals surface area (Å²) in [7, 11) is 0. The lowest BCUT2D eigenvalue weighted by atomic mass is 9.78. The molecule has 4 amide bonds. The van der Waals surface area contributed by atoms with Crippen molar-refractivity contribution in [3.05, 3.63) is 63.6 Å². The van der Waals surface area contributed by atoms with Crippen molar-refractivity contribution in [2.45, 2.75) is 51.9 Å². The Kier molecular flexibility index (Phi) is 11.5. The zero-order chi connectivity index (χ0) is 32.7. The topological polar surface area (TPSA) is 117 Å². The highest BCUT2D eigenvalue weighted by Crippen LogP contribution is 2.35. The number of alkyl halides is 3. The third-order valence-corrected chi connectivity index (χ3v) is 7.69. The van der Waals surface area contributed by atoms with Gasteiger partial charge in [0.05, 0.1) is 33.3 Å². The fraction of sp³-hybridized carbons (Fsp3) is 0.448. The molecule has 240 valence electrons. The van der Waals surface area contributed by atoms with E-state index < -0.39 is 40.7 Å². The van der Waals surface area contributed by atoms with Gasteiger partial charge >= 0.3 is 12.3 Å². The number of hydrogen-bond acceptors (Lipinski definition) is 6. The number of nitrogens with one attached hydrogen (secondary N) is 2. The summed E-state index contributed by atoms with van der Waals surface area (Å²) >= 11 is 12.3. The van der Waals surface area contributed by atoms with E-state index in [0.717, 1.165) is 29.3 Å². The minimum absolute atomic E-state index is 0.0232. The molecule has 44 heavy (non-hydrogen) atoms. The number of benzene rings is 2. The fourth-order valence-electron chi connectivity index (χ4n) is 4.40. The van der Waals surface area contributed by atoms with Gasteiger partial charge in [0.1, 0.15) is 12.1 Å². The van der Waals surface area contributed by atoms with Crippen LogP contribution in [0.5, 0.6) is 0 Å². The second kappa shape index (κ2) is 14.5. The van der Waals surface area contributed by atoms with E-state index in [2.05, 4.69) is 10.6 Å². The highest BCUT2D eigenvalue weighted by molar-refractivity contribution is 6.42. The van der Waals surface area contributed by atoms with Crippen molar-refractivity contribution in [1.82, 2.24) is 15.5 Å². The highest BCUT2D eigenvalue weighted by Gasteiger charge is 2.43. The van der Waals surface area contributed by atoms with Crippen LogP contribution in [-0.4, -0.2) is 61.1 Å². The first kappa shape index (κ1) is 34.9. The molecule has 0 aliphatic carbocycles. The Hall–Kier alpha value is -3.55. The molecule has 0 spiro atoms. The number of rotatable bonds is 10. The molecule has 15 heteroatoms. The second-order valence-corrected chi connectivity index (χ2v) is 11.9. The summed E-state index contributed by atoms with van der Waals surface area (Å²) in [6.07, 6.45) is -4.81. The summed E-state index contributed by atoms with van der Waals surface area (Å²) in [6, 6.07) is 8.73. The molecule has 2 aromatic rings. The molecule has 1 saturated heterocycles. The van der Waals surface area contributed by atoms with Crippen LogP contribution in [-0.2, 0) is 36.7 Å². The average molecular weight is 662 g/mol. The number of ether oxygens (including phenoxy) is 1. The minimum Gasteiger partial charge on any atom is -0.444 e. The maximum atomic E-state index is 13.6. The standard InChI is InChI=1S/C29H33Cl2F3N4O6/c1-27(2,3)44-26(42)36-16-23(40)37-13-11-28(12-14-37,25(41)35-15-19-5-4-6-22(30)24(19)31)17-43-38(18-39)21-9-7-20(8-10-21)29(32,33)34/h4-10,18H,11-17H2,1-3H3,(H,35,41)(H,36,42). The fourth-order valence-corrected chi connectivity index (χ4v) is 4.79. The van der Waals surface area contributed by atoms with Crippen LogP contribution in [0.25, 0.3) is 0 Å². The third kappa shape index (κ3) is 9.47. The van der Waals surface area contributed by atoms with Crippen LogP contribution < -0.4 is 15.7 Å². The lowest BCUT2D eigenvalue weighted by Crippen LogP contribution is -2.54. The van der Waals surface area contributed by atoms with Gasteiger partial charge in [-0.15, -0.1) is 0 Å². The van der Waals surface area contributed by atoms with Gasteiger partial charge in [-0.25, -0.2) is 4.79 Å². The first-order valence-corrected chi connectivity index (χ1v) is 14.3. The Balaban J connectivity index is 1.73. The Bertz CT molecular complexity index is 1340. The number of hydrogen-bond donors (Lipinski definition) is 2. The van der Waals surface area contributed by atoms with Crippen LogP contribution in [0, 0.1) is 5.41 Å². The van der Waals surface area contributed by atoms with E-state index in [9.17, 15) is 32.3 Å². The van der Waals surface area contributed by atoms with Crippen LogP contribution in [0.15, 0.2) is 42.5 Å². The number of likely N-dealkylation sites (tertiary alicyclic amines) is 1. The van der Waals surface area contributed by atoms with Gasteiger partial charge < -0.3 is 20.3 Å². The molecule has 0 atom stereocenters. The Morgan fingerprint density at radius 2 is 1.66 bits per heavy atom. The predicted octanol–water partition coefficient (Wildman–Crippen LogP) is 5.36. The van der Waals surface area contributed by atoms with Crippen molar-refractivity contribution in [2.24, 2.45) is 5.41 Å². The normalized spacial score (nSPS) is 14.9. The molecular formula is C29H33Cl2F3N4O6. The smallest absolute Gasteiger partial charge is 0.416 e. The molecule has 1 aliphatic rings. The van der Waals surface area contributed by atoms with Crippen molar-refractivity contribution >= 4 is 53.2 Å². The molecule has 0 saturated carbocycles. The van der Waals surface area contributed by atoms with Crippen LogP contribution in [0.2, 0.25) is 10.0 Å². The van der Waals surface area contributed by atoms with Gasteiger partial charge in [0, 0.05) is 19.6 Å². The van der Waals surface area contributed by atoms with Crippen LogP contribution in [0.4, 0.5) is 23.7 Å². The van der Waals surface area contributed by atoms with E-state index in [1.165, 1.54) is 4.90 Å². The van der Waals surface area contributed by atoms with Crippen LogP contribution >= 0.6 is 23.2 Å². The third-order valence-electron chi connectivity index (χ3n) is 6.83. The van der Waals surface area contributed by atoms with E-state index >= 15 is 0 Å². The van der Waals surface area contributed by atoms with Gasteiger partial charge in [-0.05, 0) is 69.5 Å². The number of anilines is 1. The number of nitrogens with zero attached hydrogens (tertiary/aromatic N) is 2. The van der Waals surface area contributed by atoms with Crippen LogP contribution in [0.3, 0.4) is 0 Å². The number of piperidine rings is 1. The first-order chi connectivity index (χ1) is 20.5. The molecule has 2 aromatic carbocycles. The molecule has 1 heterocycles. The summed E-state index contributed by atoms with van der Waals surface area (Å²) in [5, 5.41) is 6.55.